The molecule has 1 aromatic heterocycles. The fraction of sp³-hybridized carbons (Fsp3) is 0.400. The van der Waals surface area contributed by atoms with Gasteiger partial charge in [-0.2, -0.15) is 0 Å². The molecular formula is C15H19ClN2O2. The molecule has 0 aliphatic carbocycles. The molecule has 0 bridgehead atoms. The smallest absolute Gasteiger partial charge is 0.148 e. The van der Waals surface area contributed by atoms with Gasteiger partial charge in [0.1, 0.15) is 23.8 Å². The summed E-state index contributed by atoms with van der Waals surface area (Å²) in [5, 5.41) is 11.0. The fourth-order valence-electron chi connectivity index (χ4n) is 2.05. The molecule has 0 aliphatic rings. The standard InChI is InChI=1S/C15H19ClN2O2/c1-3-8-18-9-7-17-15(18)14(19)11(2)20-13-6-4-5-12(16)10-13/h4-7,9-11,14,19H,3,8H2,1-2H3. The molecule has 1 aromatic carbocycles. The van der Waals surface area contributed by atoms with Crippen molar-refractivity contribution < 1.29 is 9.84 Å². The molecule has 0 aliphatic heterocycles. The van der Waals surface area contributed by atoms with Gasteiger partial charge in [-0.25, -0.2) is 4.98 Å². The van der Waals surface area contributed by atoms with E-state index in [-0.39, 0.29) is 0 Å². The summed E-state index contributed by atoms with van der Waals surface area (Å²) in [4.78, 5) is 4.22. The van der Waals surface area contributed by atoms with Gasteiger partial charge in [-0.1, -0.05) is 24.6 Å². The third-order valence-electron chi connectivity index (χ3n) is 3.04. The first-order chi connectivity index (χ1) is 9.61. The van der Waals surface area contributed by atoms with Crippen molar-refractivity contribution in [2.45, 2.75) is 39.0 Å². The zero-order valence-electron chi connectivity index (χ0n) is 11.7. The van der Waals surface area contributed by atoms with E-state index in [0.717, 1.165) is 13.0 Å². The van der Waals surface area contributed by atoms with E-state index in [2.05, 4.69) is 11.9 Å². The molecule has 2 atom stereocenters. The molecule has 2 unspecified atom stereocenters. The number of hydrogen-bond donors (Lipinski definition) is 1. The molecule has 0 spiro atoms. The zero-order valence-corrected chi connectivity index (χ0v) is 12.4. The van der Waals surface area contributed by atoms with E-state index < -0.39 is 12.2 Å². The van der Waals surface area contributed by atoms with Gasteiger partial charge in [0.05, 0.1) is 0 Å². The Kier molecular flexibility index (Phi) is 5.04. The van der Waals surface area contributed by atoms with E-state index in [4.69, 9.17) is 16.3 Å². The molecular weight excluding hydrogens is 276 g/mol. The lowest BCUT2D eigenvalue weighted by Gasteiger charge is -2.21. The highest BCUT2D eigenvalue weighted by molar-refractivity contribution is 6.30. The highest BCUT2D eigenvalue weighted by Gasteiger charge is 2.22. The van der Waals surface area contributed by atoms with Gasteiger partial charge in [0, 0.05) is 24.0 Å². The Bertz CT molecular complexity index is 556. The van der Waals surface area contributed by atoms with Crippen molar-refractivity contribution in [2.24, 2.45) is 0 Å². The molecule has 20 heavy (non-hydrogen) atoms. The summed E-state index contributed by atoms with van der Waals surface area (Å²) in [6.07, 6.45) is 3.36. The van der Waals surface area contributed by atoms with Gasteiger partial charge in [-0.3, -0.25) is 0 Å². The topological polar surface area (TPSA) is 47.3 Å². The fourth-order valence-corrected chi connectivity index (χ4v) is 2.23. The molecule has 0 saturated carbocycles. The van der Waals surface area contributed by atoms with Crippen LogP contribution in [0.25, 0.3) is 0 Å². The maximum atomic E-state index is 10.4. The first-order valence-electron chi connectivity index (χ1n) is 6.73. The molecule has 2 rings (SSSR count). The molecule has 0 amide bonds. The average Bonchev–Trinajstić information content (AvgIpc) is 2.86. The lowest BCUT2D eigenvalue weighted by Crippen LogP contribution is -2.24. The van der Waals surface area contributed by atoms with Crippen LogP contribution < -0.4 is 4.74 Å². The Morgan fingerprint density at radius 1 is 1.45 bits per heavy atom. The molecule has 0 radical (unpaired) electrons. The number of hydrogen-bond acceptors (Lipinski definition) is 3. The Labute approximate surface area is 124 Å². The highest BCUT2D eigenvalue weighted by atomic mass is 35.5. The van der Waals surface area contributed by atoms with Crippen LogP contribution in [-0.2, 0) is 6.54 Å². The summed E-state index contributed by atoms with van der Waals surface area (Å²) < 4.78 is 7.67. The van der Waals surface area contributed by atoms with Crippen LogP contribution in [0, 0.1) is 0 Å². The normalized spacial score (nSPS) is 14.0. The number of benzene rings is 1. The van der Waals surface area contributed by atoms with Crippen molar-refractivity contribution in [1.82, 2.24) is 9.55 Å². The maximum absolute atomic E-state index is 10.4. The largest absolute Gasteiger partial charge is 0.487 e. The summed E-state index contributed by atoms with van der Waals surface area (Å²) in [6.45, 7) is 4.73. The van der Waals surface area contributed by atoms with E-state index in [1.165, 1.54) is 0 Å². The van der Waals surface area contributed by atoms with Crippen molar-refractivity contribution in [3.05, 3.63) is 47.5 Å². The lowest BCUT2D eigenvalue weighted by atomic mass is 10.2. The monoisotopic (exact) mass is 294 g/mol. The van der Waals surface area contributed by atoms with Crippen LogP contribution in [0.4, 0.5) is 0 Å². The Balaban J connectivity index is 2.08. The number of aromatic nitrogens is 2. The van der Waals surface area contributed by atoms with Crippen molar-refractivity contribution in [3.63, 3.8) is 0 Å². The summed E-state index contributed by atoms with van der Waals surface area (Å²) in [5.74, 6) is 1.26. The van der Waals surface area contributed by atoms with Crippen molar-refractivity contribution in [1.29, 1.82) is 0 Å². The van der Waals surface area contributed by atoms with Crippen molar-refractivity contribution in [3.8, 4) is 5.75 Å². The van der Waals surface area contributed by atoms with Crippen LogP contribution >= 0.6 is 11.6 Å². The predicted octanol–water partition coefficient (Wildman–Crippen LogP) is 3.45. The Morgan fingerprint density at radius 2 is 2.25 bits per heavy atom. The second kappa shape index (κ2) is 6.77. The molecule has 1 heterocycles. The number of ether oxygens (including phenoxy) is 1. The first-order valence-corrected chi connectivity index (χ1v) is 7.11. The minimum Gasteiger partial charge on any atom is -0.487 e. The van der Waals surface area contributed by atoms with E-state index in [1.54, 1.807) is 18.3 Å². The van der Waals surface area contributed by atoms with Crippen LogP contribution in [0.2, 0.25) is 5.02 Å². The van der Waals surface area contributed by atoms with E-state index in [1.807, 2.05) is 29.8 Å². The van der Waals surface area contributed by atoms with Gasteiger partial charge in [-0.15, -0.1) is 0 Å². The van der Waals surface area contributed by atoms with Crippen LogP contribution in [0.5, 0.6) is 5.75 Å². The second-order valence-corrected chi connectivity index (χ2v) is 5.14. The lowest BCUT2D eigenvalue weighted by molar-refractivity contribution is 0.0383. The number of aliphatic hydroxyl groups excluding tert-OH is 1. The third kappa shape index (κ3) is 3.52. The van der Waals surface area contributed by atoms with Crippen molar-refractivity contribution in [2.75, 3.05) is 0 Å². The van der Waals surface area contributed by atoms with Gasteiger partial charge < -0.3 is 14.4 Å². The molecule has 0 saturated heterocycles. The molecule has 1 N–H and O–H groups in total. The van der Waals surface area contributed by atoms with Crippen LogP contribution in [0.15, 0.2) is 36.7 Å². The number of aryl methyl sites for hydroxylation is 1. The molecule has 2 aromatic rings. The predicted molar refractivity (Wildman–Crippen MR) is 79.0 cm³/mol. The summed E-state index contributed by atoms with van der Waals surface area (Å²) in [6, 6.07) is 7.13. The molecule has 5 heteroatoms. The van der Waals surface area contributed by atoms with Crippen molar-refractivity contribution >= 4 is 11.6 Å². The van der Waals surface area contributed by atoms with Crippen LogP contribution in [0.3, 0.4) is 0 Å². The number of nitrogens with zero attached hydrogens (tertiary/aromatic N) is 2. The Morgan fingerprint density at radius 3 is 2.95 bits per heavy atom. The Hall–Kier alpha value is -1.52. The average molecular weight is 295 g/mol. The minimum absolute atomic E-state index is 0.411. The van der Waals surface area contributed by atoms with E-state index >= 15 is 0 Å². The zero-order chi connectivity index (χ0) is 14.5. The summed E-state index contributed by atoms with van der Waals surface area (Å²) in [7, 11) is 0. The number of imidazole rings is 1. The first kappa shape index (κ1) is 14.9. The van der Waals surface area contributed by atoms with E-state index in [0.29, 0.717) is 16.6 Å². The quantitative estimate of drug-likeness (QED) is 0.887. The van der Waals surface area contributed by atoms with Gasteiger partial charge >= 0.3 is 0 Å². The minimum atomic E-state index is -0.782. The van der Waals surface area contributed by atoms with Gasteiger partial charge in [0.25, 0.3) is 0 Å². The molecule has 108 valence electrons. The maximum Gasteiger partial charge on any atom is 0.148 e. The number of halogens is 1. The van der Waals surface area contributed by atoms with Gasteiger partial charge in [-0.05, 0) is 31.5 Å². The third-order valence-corrected chi connectivity index (χ3v) is 3.27. The highest BCUT2D eigenvalue weighted by Crippen LogP contribution is 2.23. The number of rotatable bonds is 6. The van der Waals surface area contributed by atoms with Crippen LogP contribution in [-0.4, -0.2) is 20.8 Å². The number of aliphatic hydroxyl groups is 1. The molecule has 4 nitrogen and oxygen atoms in total. The second-order valence-electron chi connectivity index (χ2n) is 4.70. The summed E-state index contributed by atoms with van der Waals surface area (Å²) in [5.41, 5.74) is 0. The van der Waals surface area contributed by atoms with Gasteiger partial charge in [0.2, 0.25) is 0 Å². The summed E-state index contributed by atoms with van der Waals surface area (Å²) >= 11 is 5.91. The van der Waals surface area contributed by atoms with Gasteiger partial charge in [0.15, 0.2) is 0 Å². The van der Waals surface area contributed by atoms with Crippen LogP contribution in [0.1, 0.15) is 32.2 Å². The SMILES string of the molecule is CCCn1ccnc1C(O)C(C)Oc1cccc(Cl)c1. The molecule has 0 fully saturated rings. The van der Waals surface area contributed by atoms with E-state index in [9.17, 15) is 5.11 Å².